The zero-order valence-electron chi connectivity index (χ0n) is 14.3. The summed E-state index contributed by atoms with van der Waals surface area (Å²) in [6.07, 6.45) is 4.88. The van der Waals surface area contributed by atoms with Gasteiger partial charge in [-0.15, -0.1) is 0 Å². The molecule has 0 radical (unpaired) electrons. The van der Waals surface area contributed by atoms with E-state index in [9.17, 15) is 14.4 Å². The van der Waals surface area contributed by atoms with Gasteiger partial charge in [-0.2, -0.15) is 0 Å². The predicted octanol–water partition coefficient (Wildman–Crippen LogP) is 2.51. The molecule has 2 aliphatic carbocycles. The molecule has 1 amide bonds. The highest BCUT2D eigenvalue weighted by Crippen LogP contribution is 2.40. The molecule has 3 aliphatic rings. The quantitative estimate of drug-likeness (QED) is 0.793. The minimum atomic E-state index is -0.315. The fourth-order valence-corrected chi connectivity index (χ4v) is 4.60. The SMILES string of the molecule is O=C(OCC(=O)N1CCc2ccccc21)C1C[C@H]2CCC[C@H](C1)C2=O. The Morgan fingerprint density at radius 3 is 2.60 bits per heavy atom. The van der Waals surface area contributed by atoms with Crippen molar-refractivity contribution < 1.29 is 19.1 Å². The Kier molecular flexibility index (Phi) is 4.32. The largest absolute Gasteiger partial charge is 0.455 e. The first-order valence-electron chi connectivity index (χ1n) is 9.22. The third-order valence-corrected chi connectivity index (χ3v) is 5.91. The summed E-state index contributed by atoms with van der Waals surface area (Å²) in [5, 5.41) is 0. The van der Waals surface area contributed by atoms with Crippen molar-refractivity contribution in [1.82, 2.24) is 0 Å². The monoisotopic (exact) mass is 341 g/mol. The maximum atomic E-state index is 12.4. The van der Waals surface area contributed by atoms with Crippen LogP contribution in [-0.4, -0.2) is 30.8 Å². The molecule has 25 heavy (non-hydrogen) atoms. The van der Waals surface area contributed by atoms with E-state index in [-0.39, 0.29) is 36.2 Å². The molecule has 0 aromatic heterocycles. The molecule has 4 rings (SSSR count). The molecule has 0 saturated heterocycles. The van der Waals surface area contributed by atoms with Crippen molar-refractivity contribution in [3.63, 3.8) is 0 Å². The third kappa shape index (κ3) is 3.08. The molecular formula is C20H23NO4. The second-order valence-electron chi connectivity index (χ2n) is 7.43. The summed E-state index contributed by atoms with van der Waals surface area (Å²) in [6.45, 7) is 0.421. The highest BCUT2D eigenvalue weighted by atomic mass is 16.5. The molecule has 1 aliphatic heterocycles. The van der Waals surface area contributed by atoms with Crippen molar-refractivity contribution in [1.29, 1.82) is 0 Å². The smallest absolute Gasteiger partial charge is 0.309 e. The number of Topliss-reactive ketones (excluding diaryl/α,β-unsaturated/α-hetero) is 1. The minimum absolute atomic E-state index is 0.0196. The Morgan fingerprint density at radius 2 is 1.84 bits per heavy atom. The van der Waals surface area contributed by atoms with Gasteiger partial charge in [0, 0.05) is 24.1 Å². The van der Waals surface area contributed by atoms with Crippen molar-refractivity contribution in [2.45, 2.75) is 38.5 Å². The van der Waals surface area contributed by atoms with E-state index in [0.29, 0.717) is 25.2 Å². The predicted molar refractivity (Wildman–Crippen MR) is 92.0 cm³/mol. The van der Waals surface area contributed by atoms with Crippen molar-refractivity contribution in [2.24, 2.45) is 17.8 Å². The summed E-state index contributed by atoms with van der Waals surface area (Å²) < 4.78 is 5.33. The average Bonchev–Trinajstić information content (AvgIpc) is 3.03. The summed E-state index contributed by atoms with van der Waals surface area (Å²) in [7, 11) is 0. The standard InChI is InChI=1S/C20H23NO4/c22-18(21-9-8-13-4-1-2-7-17(13)21)12-25-20(24)16-10-14-5-3-6-15(11-16)19(14)23/h1-2,4,7,14-16H,3,5-6,8-12H2/t14-,15-/m1/s1. The van der Waals surface area contributed by atoms with E-state index in [2.05, 4.69) is 0 Å². The molecule has 2 fully saturated rings. The maximum Gasteiger partial charge on any atom is 0.309 e. The number of anilines is 1. The van der Waals surface area contributed by atoms with Crippen LogP contribution in [0.5, 0.6) is 0 Å². The molecule has 2 saturated carbocycles. The number of hydrogen-bond acceptors (Lipinski definition) is 4. The third-order valence-electron chi connectivity index (χ3n) is 5.91. The van der Waals surface area contributed by atoms with Crippen LogP contribution in [-0.2, 0) is 25.5 Å². The van der Waals surface area contributed by atoms with Crippen LogP contribution in [0.1, 0.15) is 37.7 Å². The van der Waals surface area contributed by atoms with Crippen LogP contribution in [0.25, 0.3) is 0 Å². The summed E-state index contributed by atoms with van der Waals surface area (Å²) in [6, 6.07) is 7.82. The molecule has 2 bridgehead atoms. The summed E-state index contributed by atoms with van der Waals surface area (Å²) in [4.78, 5) is 38.7. The molecule has 1 heterocycles. The van der Waals surface area contributed by atoms with Gasteiger partial charge in [0.15, 0.2) is 6.61 Å². The normalized spacial score (nSPS) is 27.8. The lowest BCUT2D eigenvalue weighted by Gasteiger charge is -2.36. The van der Waals surface area contributed by atoms with E-state index in [4.69, 9.17) is 4.74 Å². The molecule has 5 nitrogen and oxygen atoms in total. The van der Waals surface area contributed by atoms with Crippen molar-refractivity contribution in [2.75, 3.05) is 18.1 Å². The van der Waals surface area contributed by atoms with Gasteiger partial charge in [-0.3, -0.25) is 14.4 Å². The van der Waals surface area contributed by atoms with Crippen molar-refractivity contribution >= 4 is 23.3 Å². The first-order valence-corrected chi connectivity index (χ1v) is 9.22. The van der Waals surface area contributed by atoms with Crippen LogP contribution < -0.4 is 4.90 Å². The van der Waals surface area contributed by atoms with Gasteiger partial charge in [-0.05, 0) is 43.7 Å². The first kappa shape index (κ1) is 16.3. The first-order chi connectivity index (χ1) is 12.1. The second-order valence-corrected chi connectivity index (χ2v) is 7.43. The average molecular weight is 341 g/mol. The zero-order chi connectivity index (χ0) is 17.4. The Bertz CT molecular complexity index is 697. The number of para-hydroxylation sites is 1. The molecule has 5 heteroatoms. The Hall–Kier alpha value is -2.17. The molecule has 132 valence electrons. The van der Waals surface area contributed by atoms with Gasteiger partial charge in [-0.1, -0.05) is 24.6 Å². The number of rotatable bonds is 3. The zero-order valence-corrected chi connectivity index (χ0v) is 14.3. The number of benzene rings is 1. The van der Waals surface area contributed by atoms with Crippen molar-refractivity contribution in [3.8, 4) is 0 Å². The lowest BCUT2D eigenvalue weighted by atomic mass is 9.67. The summed E-state index contributed by atoms with van der Waals surface area (Å²) in [5.74, 6) is -0.347. The molecule has 2 atom stereocenters. The van der Waals surface area contributed by atoms with E-state index >= 15 is 0 Å². The Morgan fingerprint density at radius 1 is 1.12 bits per heavy atom. The Balaban J connectivity index is 1.33. The summed E-state index contributed by atoms with van der Waals surface area (Å²) >= 11 is 0. The van der Waals surface area contributed by atoms with Crippen molar-refractivity contribution in [3.05, 3.63) is 29.8 Å². The number of ketones is 1. The number of carbonyl (C=O) groups excluding carboxylic acids is 3. The van der Waals surface area contributed by atoms with Crippen LogP contribution in [0, 0.1) is 17.8 Å². The maximum absolute atomic E-state index is 12.4. The van der Waals surface area contributed by atoms with Crippen LogP contribution in [0.3, 0.4) is 0 Å². The van der Waals surface area contributed by atoms with Crippen LogP contribution in [0.2, 0.25) is 0 Å². The number of ether oxygens (including phenoxy) is 1. The van der Waals surface area contributed by atoms with E-state index in [0.717, 1.165) is 36.9 Å². The number of esters is 1. The molecule has 0 unspecified atom stereocenters. The second kappa shape index (κ2) is 6.62. The van der Waals surface area contributed by atoms with Gasteiger partial charge < -0.3 is 9.64 Å². The van der Waals surface area contributed by atoms with Crippen LogP contribution >= 0.6 is 0 Å². The number of hydrogen-bond donors (Lipinski definition) is 0. The molecule has 1 aromatic rings. The number of amides is 1. The van der Waals surface area contributed by atoms with Gasteiger partial charge in [0.25, 0.3) is 5.91 Å². The fourth-order valence-electron chi connectivity index (χ4n) is 4.60. The van der Waals surface area contributed by atoms with Crippen LogP contribution in [0.4, 0.5) is 5.69 Å². The fraction of sp³-hybridized carbons (Fsp3) is 0.550. The number of nitrogens with zero attached hydrogens (tertiary/aromatic N) is 1. The topological polar surface area (TPSA) is 63.7 Å². The Labute approximate surface area is 147 Å². The summed E-state index contributed by atoms with van der Waals surface area (Å²) in [5.41, 5.74) is 2.07. The van der Waals surface area contributed by atoms with Gasteiger partial charge in [0.1, 0.15) is 5.78 Å². The highest BCUT2D eigenvalue weighted by molar-refractivity contribution is 5.97. The lowest BCUT2D eigenvalue weighted by molar-refractivity contribution is -0.156. The molecule has 0 spiro atoms. The molecular weight excluding hydrogens is 318 g/mol. The van der Waals surface area contributed by atoms with Crippen LogP contribution in [0.15, 0.2) is 24.3 Å². The van der Waals surface area contributed by atoms with E-state index in [1.54, 1.807) is 4.90 Å². The molecule has 0 N–H and O–H groups in total. The van der Waals surface area contributed by atoms with Gasteiger partial charge in [0.2, 0.25) is 0 Å². The van der Waals surface area contributed by atoms with Gasteiger partial charge in [-0.25, -0.2) is 0 Å². The van der Waals surface area contributed by atoms with Gasteiger partial charge in [0.05, 0.1) is 5.92 Å². The van der Waals surface area contributed by atoms with E-state index in [1.807, 2.05) is 24.3 Å². The highest BCUT2D eigenvalue weighted by Gasteiger charge is 2.42. The number of carbonyl (C=O) groups is 3. The number of fused-ring (bicyclic) bond motifs is 3. The lowest BCUT2D eigenvalue weighted by Crippen LogP contribution is -2.40. The van der Waals surface area contributed by atoms with E-state index in [1.165, 1.54) is 0 Å². The minimum Gasteiger partial charge on any atom is -0.455 e. The molecule has 1 aromatic carbocycles. The van der Waals surface area contributed by atoms with E-state index < -0.39 is 0 Å². The van der Waals surface area contributed by atoms with Gasteiger partial charge >= 0.3 is 5.97 Å².